The van der Waals surface area contributed by atoms with Crippen LogP contribution in [0, 0.1) is 0 Å². The maximum atomic E-state index is 10.7. The molecule has 0 bridgehead atoms. The van der Waals surface area contributed by atoms with Crippen molar-refractivity contribution >= 4 is 15.2 Å². The maximum Gasteiger partial charge on any atom is 0.271 e. The van der Waals surface area contributed by atoms with E-state index in [0.717, 1.165) is 0 Å². The highest BCUT2D eigenvalue weighted by molar-refractivity contribution is 8.04. The summed E-state index contributed by atoms with van der Waals surface area (Å²) >= 11 is 0. The summed E-state index contributed by atoms with van der Waals surface area (Å²) in [6, 6.07) is 0. The fraction of sp³-hybridized carbons (Fsp3) is 0. The summed E-state index contributed by atoms with van der Waals surface area (Å²) < 4.78 is 21.3. The Morgan fingerprint density at radius 3 is 2.82 bits per heavy atom. The summed E-state index contributed by atoms with van der Waals surface area (Å²) in [5.74, 6) is 0. The second kappa shape index (κ2) is 2.85. The number of allylic oxidation sites excluding steroid dienone is 2. The summed E-state index contributed by atoms with van der Waals surface area (Å²) in [4.78, 5) is 3.54. The standard InChI is InChI=1S/C5H7N3O2S/c6-11(9,10)5-7-3-1-2-4-8-5/h1-4H,(H,7,8)(H2,6,9,10). The quantitative estimate of drug-likeness (QED) is 0.506. The molecule has 0 aromatic heterocycles. The molecule has 1 aliphatic rings. The van der Waals surface area contributed by atoms with Gasteiger partial charge in [0.15, 0.2) is 0 Å². The van der Waals surface area contributed by atoms with Crippen molar-refractivity contribution in [3.8, 4) is 0 Å². The van der Waals surface area contributed by atoms with Crippen LogP contribution in [0.2, 0.25) is 0 Å². The van der Waals surface area contributed by atoms with Gasteiger partial charge in [0, 0.05) is 12.4 Å². The van der Waals surface area contributed by atoms with Crippen molar-refractivity contribution in [3.63, 3.8) is 0 Å². The van der Waals surface area contributed by atoms with Crippen LogP contribution < -0.4 is 10.5 Å². The molecule has 0 saturated heterocycles. The summed E-state index contributed by atoms with van der Waals surface area (Å²) in [7, 11) is -3.71. The molecule has 0 fully saturated rings. The highest BCUT2D eigenvalue weighted by Crippen LogP contribution is 1.90. The molecular weight excluding hydrogens is 166 g/mol. The summed E-state index contributed by atoms with van der Waals surface area (Å²) in [6.07, 6.45) is 5.98. The number of sulfonamides is 1. The van der Waals surface area contributed by atoms with Crippen LogP contribution in [0.15, 0.2) is 29.5 Å². The second-order valence-corrected chi connectivity index (χ2v) is 3.30. The number of nitrogens with one attached hydrogen (secondary N) is 1. The minimum atomic E-state index is -3.71. The topological polar surface area (TPSA) is 84.6 Å². The zero-order valence-electron chi connectivity index (χ0n) is 5.56. The predicted octanol–water partition coefficient (Wildman–Crippen LogP) is -0.738. The minimum Gasteiger partial charge on any atom is -0.336 e. The number of amidine groups is 1. The lowest BCUT2D eigenvalue weighted by Gasteiger charge is -1.98. The SMILES string of the molecule is NS(=O)(=O)C1=NC=CC=CN1. The Morgan fingerprint density at radius 2 is 2.18 bits per heavy atom. The third-order valence-corrected chi connectivity index (χ3v) is 1.72. The van der Waals surface area contributed by atoms with E-state index in [4.69, 9.17) is 5.14 Å². The molecule has 0 saturated carbocycles. The lowest BCUT2D eigenvalue weighted by Crippen LogP contribution is -2.32. The van der Waals surface area contributed by atoms with Gasteiger partial charge in [-0.05, 0) is 12.2 Å². The van der Waals surface area contributed by atoms with Crippen LogP contribution >= 0.6 is 0 Å². The van der Waals surface area contributed by atoms with Gasteiger partial charge < -0.3 is 5.32 Å². The summed E-state index contributed by atoms with van der Waals surface area (Å²) in [5.41, 5.74) is 0. The van der Waals surface area contributed by atoms with E-state index in [2.05, 4.69) is 10.3 Å². The molecule has 5 nitrogen and oxygen atoms in total. The van der Waals surface area contributed by atoms with Crippen LogP contribution in [0.25, 0.3) is 0 Å². The van der Waals surface area contributed by atoms with E-state index in [1.54, 1.807) is 12.2 Å². The number of hydrogen-bond acceptors (Lipinski definition) is 4. The van der Waals surface area contributed by atoms with E-state index in [1.165, 1.54) is 12.4 Å². The lowest BCUT2D eigenvalue weighted by molar-refractivity contribution is 0.608. The third kappa shape index (κ3) is 2.17. The Morgan fingerprint density at radius 1 is 1.45 bits per heavy atom. The van der Waals surface area contributed by atoms with E-state index < -0.39 is 10.0 Å². The average Bonchev–Trinajstić information content (AvgIpc) is 2.10. The largest absolute Gasteiger partial charge is 0.336 e. The Balaban J connectivity index is 2.99. The molecule has 11 heavy (non-hydrogen) atoms. The molecule has 0 atom stereocenters. The van der Waals surface area contributed by atoms with E-state index >= 15 is 0 Å². The zero-order valence-corrected chi connectivity index (χ0v) is 6.38. The Hall–Kier alpha value is -1.14. The van der Waals surface area contributed by atoms with Gasteiger partial charge in [-0.3, -0.25) is 0 Å². The van der Waals surface area contributed by atoms with Crippen molar-refractivity contribution in [2.24, 2.45) is 10.1 Å². The van der Waals surface area contributed by atoms with Gasteiger partial charge in [-0.25, -0.2) is 18.5 Å². The predicted molar refractivity (Wildman–Crippen MR) is 42.0 cm³/mol. The lowest BCUT2D eigenvalue weighted by atomic mass is 10.6. The van der Waals surface area contributed by atoms with Crippen molar-refractivity contribution < 1.29 is 8.42 Å². The van der Waals surface area contributed by atoms with Crippen LogP contribution in [0.3, 0.4) is 0 Å². The van der Waals surface area contributed by atoms with Crippen molar-refractivity contribution in [1.29, 1.82) is 0 Å². The van der Waals surface area contributed by atoms with Crippen molar-refractivity contribution in [1.82, 2.24) is 5.32 Å². The fourth-order valence-electron chi connectivity index (χ4n) is 0.528. The van der Waals surface area contributed by atoms with Crippen molar-refractivity contribution in [2.45, 2.75) is 0 Å². The first-order valence-corrected chi connectivity index (χ1v) is 4.34. The molecule has 60 valence electrons. The molecule has 0 radical (unpaired) electrons. The van der Waals surface area contributed by atoms with Gasteiger partial charge in [0.2, 0.25) is 5.17 Å². The zero-order chi connectivity index (χ0) is 8.32. The summed E-state index contributed by atoms with van der Waals surface area (Å²) in [5, 5.41) is 6.96. The molecule has 0 spiro atoms. The van der Waals surface area contributed by atoms with Crippen LogP contribution in [0.5, 0.6) is 0 Å². The van der Waals surface area contributed by atoms with E-state index in [1.807, 2.05) is 0 Å². The van der Waals surface area contributed by atoms with Gasteiger partial charge in [-0.2, -0.15) is 0 Å². The van der Waals surface area contributed by atoms with E-state index in [0.29, 0.717) is 0 Å². The monoisotopic (exact) mass is 173 g/mol. The second-order valence-electron chi connectivity index (χ2n) is 1.82. The number of primary sulfonamides is 1. The first kappa shape index (κ1) is 7.96. The normalized spacial score (nSPS) is 17.0. The first-order valence-electron chi connectivity index (χ1n) is 2.79. The molecular formula is C5H7N3O2S. The van der Waals surface area contributed by atoms with Crippen molar-refractivity contribution in [3.05, 3.63) is 24.6 Å². The smallest absolute Gasteiger partial charge is 0.271 e. The molecule has 6 heteroatoms. The Bertz CT molecular complexity index is 326. The summed E-state index contributed by atoms with van der Waals surface area (Å²) in [6.45, 7) is 0. The van der Waals surface area contributed by atoms with Gasteiger partial charge in [-0.1, -0.05) is 0 Å². The Kier molecular flexibility index (Phi) is 2.06. The molecule has 1 aliphatic heterocycles. The van der Waals surface area contributed by atoms with Crippen LogP contribution in [-0.4, -0.2) is 13.6 Å². The molecule has 0 aliphatic carbocycles. The van der Waals surface area contributed by atoms with Crippen LogP contribution in [0.1, 0.15) is 0 Å². The highest BCUT2D eigenvalue weighted by Gasteiger charge is 2.11. The molecule has 0 amide bonds. The highest BCUT2D eigenvalue weighted by atomic mass is 32.2. The molecule has 0 aromatic carbocycles. The molecule has 0 aromatic rings. The number of nitrogens with two attached hydrogens (primary N) is 1. The van der Waals surface area contributed by atoms with Gasteiger partial charge in [-0.15, -0.1) is 0 Å². The van der Waals surface area contributed by atoms with E-state index in [-0.39, 0.29) is 5.17 Å². The van der Waals surface area contributed by atoms with Crippen molar-refractivity contribution in [2.75, 3.05) is 0 Å². The molecule has 1 heterocycles. The Labute approximate surface area is 64.4 Å². The third-order valence-electron chi connectivity index (χ3n) is 0.962. The minimum absolute atomic E-state index is 0.248. The number of hydrogen-bond donors (Lipinski definition) is 2. The van der Waals surface area contributed by atoms with Gasteiger partial charge >= 0.3 is 0 Å². The average molecular weight is 173 g/mol. The molecule has 0 unspecified atom stereocenters. The number of nitrogens with zero attached hydrogens (tertiary/aromatic N) is 1. The number of aliphatic imine (C=N–C) groups is 1. The van der Waals surface area contributed by atoms with Gasteiger partial charge in [0.05, 0.1) is 0 Å². The fourth-order valence-corrected chi connectivity index (χ4v) is 0.968. The first-order chi connectivity index (χ1) is 5.11. The molecule has 1 rings (SSSR count). The van der Waals surface area contributed by atoms with Gasteiger partial charge in [0.1, 0.15) is 0 Å². The van der Waals surface area contributed by atoms with E-state index in [9.17, 15) is 8.42 Å². The maximum absolute atomic E-state index is 10.7. The molecule has 3 N–H and O–H groups in total. The van der Waals surface area contributed by atoms with Crippen LogP contribution in [0.4, 0.5) is 0 Å². The van der Waals surface area contributed by atoms with Crippen LogP contribution in [-0.2, 0) is 10.0 Å². The van der Waals surface area contributed by atoms with Gasteiger partial charge in [0.25, 0.3) is 10.0 Å². The number of rotatable bonds is 0.